The van der Waals surface area contributed by atoms with Crippen molar-refractivity contribution in [2.45, 2.75) is 26.4 Å². The molecule has 13 heteroatoms. The number of fused-ring (bicyclic) bond motifs is 1. The van der Waals surface area contributed by atoms with Crippen LogP contribution in [-0.4, -0.2) is 38.1 Å². The summed E-state index contributed by atoms with van der Waals surface area (Å²) in [5, 5.41) is 7.97. The van der Waals surface area contributed by atoms with E-state index in [0.29, 0.717) is 10.2 Å². The van der Waals surface area contributed by atoms with E-state index in [9.17, 15) is 22.8 Å². The van der Waals surface area contributed by atoms with E-state index in [-0.39, 0.29) is 39.7 Å². The van der Waals surface area contributed by atoms with Crippen LogP contribution in [0.1, 0.15) is 34.5 Å². The van der Waals surface area contributed by atoms with Gasteiger partial charge in [0.05, 0.1) is 23.2 Å². The number of hydrogen-bond acceptors (Lipinski definition) is 7. The van der Waals surface area contributed by atoms with Crippen LogP contribution >= 0.6 is 27.3 Å². The number of rotatable bonds is 5. The van der Waals surface area contributed by atoms with Crippen LogP contribution in [0, 0.1) is 6.92 Å². The summed E-state index contributed by atoms with van der Waals surface area (Å²) in [7, 11) is 0. The molecule has 0 aromatic carbocycles. The third kappa shape index (κ3) is 4.56. The highest BCUT2D eigenvalue weighted by molar-refractivity contribution is 9.10. The number of aryl methyl sites for hydroxylation is 1. The lowest BCUT2D eigenvalue weighted by Gasteiger charge is -2.09. The van der Waals surface area contributed by atoms with Crippen LogP contribution in [-0.2, 0) is 22.1 Å². The maximum absolute atomic E-state index is 13.3. The maximum Gasteiger partial charge on any atom is 0.433 e. The first-order valence-electron chi connectivity index (χ1n) is 8.14. The van der Waals surface area contributed by atoms with Crippen LogP contribution in [0.3, 0.4) is 0 Å². The lowest BCUT2D eigenvalue weighted by molar-refractivity contribution is -0.143. The van der Waals surface area contributed by atoms with Crippen LogP contribution in [0.5, 0.6) is 0 Å². The van der Waals surface area contributed by atoms with E-state index in [2.05, 4.69) is 36.3 Å². The molecule has 0 saturated heterocycles. The lowest BCUT2D eigenvalue weighted by Crippen LogP contribution is -2.16. The Balaban J connectivity index is 1.88. The molecule has 0 atom stereocenters. The molecule has 3 heterocycles. The van der Waals surface area contributed by atoms with Gasteiger partial charge in [-0.2, -0.15) is 18.3 Å². The molecule has 3 aromatic rings. The van der Waals surface area contributed by atoms with Gasteiger partial charge in [0, 0.05) is 11.1 Å². The smallest absolute Gasteiger partial charge is 0.433 e. The molecule has 8 nitrogen and oxygen atoms in total. The monoisotopic (exact) mass is 491 g/mol. The fourth-order valence-corrected chi connectivity index (χ4v) is 3.64. The standard InChI is InChI=1S/C16H13BrF3N5O3S/c1-3-28-10(26)5-8-6-29-15(22-8)23-14(27)12-11(17)13-21-7(2)4-9(16(18,19)20)25(13)24-12/h4,6H,3,5H2,1-2H3,(H,22,23,27). The number of amides is 1. The zero-order valence-corrected chi connectivity index (χ0v) is 17.4. The van der Waals surface area contributed by atoms with Crippen molar-refractivity contribution in [3.8, 4) is 0 Å². The molecule has 0 spiro atoms. The van der Waals surface area contributed by atoms with Crippen molar-refractivity contribution in [3.63, 3.8) is 0 Å². The minimum Gasteiger partial charge on any atom is -0.466 e. The number of nitrogens with zero attached hydrogens (tertiary/aromatic N) is 4. The second kappa shape index (κ2) is 8.06. The molecule has 0 radical (unpaired) electrons. The molecule has 0 saturated carbocycles. The number of alkyl halides is 3. The van der Waals surface area contributed by atoms with Gasteiger partial charge >= 0.3 is 12.1 Å². The van der Waals surface area contributed by atoms with Gasteiger partial charge in [-0.05, 0) is 35.8 Å². The van der Waals surface area contributed by atoms with Crippen LogP contribution in [0.15, 0.2) is 15.9 Å². The highest BCUT2D eigenvalue weighted by atomic mass is 79.9. The van der Waals surface area contributed by atoms with Gasteiger partial charge in [0.1, 0.15) is 5.69 Å². The van der Waals surface area contributed by atoms with E-state index in [0.717, 1.165) is 17.4 Å². The van der Waals surface area contributed by atoms with Crippen molar-refractivity contribution in [3.05, 3.63) is 38.7 Å². The number of anilines is 1. The Bertz CT molecular complexity index is 1100. The van der Waals surface area contributed by atoms with Gasteiger partial charge in [-0.1, -0.05) is 0 Å². The summed E-state index contributed by atoms with van der Waals surface area (Å²) in [5.41, 5.74) is -0.943. The first-order valence-corrected chi connectivity index (χ1v) is 9.81. The Hall–Kier alpha value is -2.54. The number of hydrogen-bond donors (Lipinski definition) is 1. The molecule has 0 unspecified atom stereocenters. The summed E-state index contributed by atoms with van der Waals surface area (Å²) in [6.07, 6.45) is -4.74. The topological polar surface area (TPSA) is 98.5 Å². The molecule has 0 bridgehead atoms. The summed E-state index contributed by atoms with van der Waals surface area (Å²) in [5.74, 6) is -1.23. The molecule has 0 aliphatic carbocycles. The van der Waals surface area contributed by atoms with Crippen LogP contribution < -0.4 is 5.32 Å². The number of aromatic nitrogens is 4. The van der Waals surface area contributed by atoms with Crippen molar-refractivity contribution in [1.29, 1.82) is 0 Å². The van der Waals surface area contributed by atoms with Crippen LogP contribution in [0.25, 0.3) is 5.65 Å². The van der Waals surface area contributed by atoms with Crippen molar-refractivity contribution in [2.24, 2.45) is 0 Å². The van der Waals surface area contributed by atoms with Gasteiger partial charge in [-0.15, -0.1) is 11.3 Å². The number of ether oxygens (including phenoxy) is 1. The SMILES string of the molecule is CCOC(=O)Cc1csc(NC(=O)c2nn3c(C(F)(F)F)cc(C)nc3c2Br)n1. The number of thiazole rings is 1. The second-order valence-corrected chi connectivity index (χ2v) is 7.41. The molecule has 29 heavy (non-hydrogen) atoms. The highest BCUT2D eigenvalue weighted by Crippen LogP contribution is 2.32. The van der Waals surface area contributed by atoms with Gasteiger partial charge in [-0.3, -0.25) is 14.9 Å². The first-order chi connectivity index (χ1) is 13.6. The molecule has 0 fully saturated rings. The Labute approximate surface area is 174 Å². The number of carbonyl (C=O) groups excluding carboxylic acids is 2. The summed E-state index contributed by atoms with van der Waals surface area (Å²) in [6, 6.07) is 0.844. The van der Waals surface area contributed by atoms with E-state index in [1.165, 1.54) is 6.92 Å². The van der Waals surface area contributed by atoms with E-state index in [4.69, 9.17) is 4.74 Å². The van der Waals surface area contributed by atoms with Crippen molar-refractivity contribution in [2.75, 3.05) is 11.9 Å². The summed E-state index contributed by atoms with van der Waals surface area (Å²) in [6.45, 7) is 3.33. The van der Waals surface area contributed by atoms with E-state index in [1.807, 2.05) is 0 Å². The lowest BCUT2D eigenvalue weighted by atomic mass is 10.3. The molecule has 1 N–H and O–H groups in total. The van der Waals surface area contributed by atoms with E-state index < -0.39 is 23.7 Å². The fourth-order valence-electron chi connectivity index (χ4n) is 2.42. The largest absolute Gasteiger partial charge is 0.466 e. The van der Waals surface area contributed by atoms with Crippen molar-refractivity contribution < 1.29 is 27.5 Å². The second-order valence-electron chi connectivity index (χ2n) is 5.76. The zero-order valence-electron chi connectivity index (χ0n) is 15.0. The van der Waals surface area contributed by atoms with E-state index >= 15 is 0 Å². The maximum atomic E-state index is 13.3. The van der Waals surface area contributed by atoms with E-state index in [1.54, 1.807) is 12.3 Å². The number of carbonyl (C=O) groups is 2. The minimum absolute atomic E-state index is 0.0208. The summed E-state index contributed by atoms with van der Waals surface area (Å²) < 4.78 is 45.3. The Morgan fingerprint density at radius 1 is 1.34 bits per heavy atom. The molecule has 1 amide bonds. The zero-order chi connectivity index (χ0) is 21.3. The Kier molecular flexibility index (Phi) is 5.89. The summed E-state index contributed by atoms with van der Waals surface area (Å²) >= 11 is 4.16. The molecular weight excluding hydrogens is 479 g/mol. The van der Waals surface area contributed by atoms with Gasteiger partial charge in [0.15, 0.2) is 16.5 Å². The average molecular weight is 492 g/mol. The average Bonchev–Trinajstić information content (AvgIpc) is 3.18. The Morgan fingerprint density at radius 3 is 2.72 bits per heavy atom. The summed E-state index contributed by atoms with van der Waals surface area (Å²) in [4.78, 5) is 32.1. The fraction of sp³-hybridized carbons (Fsp3) is 0.312. The molecule has 154 valence electrons. The quantitative estimate of drug-likeness (QED) is 0.547. The molecule has 3 aromatic heterocycles. The number of esters is 1. The molecule has 0 aliphatic heterocycles. The predicted molar refractivity (Wildman–Crippen MR) is 101 cm³/mol. The van der Waals surface area contributed by atoms with Gasteiger partial charge in [-0.25, -0.2) is 14.5 Å². The van der Waals surface area contributed by atoms with Gasteiger partial charge in [0.25, 0.3) is 5.91 Å². The minimum atomic E-state index is -4.68. The van der Waals surface area contributed by atoms with Crippen molar-refractivity contribution in [1.82, 2.24) is 19.6 Å². The third-order valence-corrected chi connectivity index (χ3v) is 5.11. The van der Waals surface area contributed by atoms with Gasteiger partial charge < -0.3 is 4.74 Å². The third-order valence-electron chi connectivity index (χ3n) is 3.57. The molecule has 0 aliphatic rings. The Morgan fingerprint density at radius 2 is 2.07 bits per heavy atom. The van der Waals surface area contributed by atoms with Crippen LogP contribution in [0.2, 0.25) is 0 Å². The number of halogens is 4. The van der Waals surface area contributed by atoms with Crippen molar-refractivity contribution >= 4 is 49.9 Å². The van der Waals surface area contributed by atoms with Crippen LogP contribution in [0.4, 0.5) is 18.3 Å². The molecular formula is C16H13BrF3N5O3S. The normalized spacial score (nSPS) is 11.7. The predicted octanol–water partition coefficient (Wildman–Crippen LogP) is 3.63. The highest BCUT2D eigenvalue weighted by Gasteiger charge is 2.36. The van der Waals surface area contributed by atoms with Gasteiger partial charge in [0.2, 0.25) is 0 Å². The number of nitrogens with one attached hydrogen (secondary N) is 1. The first kappa shape index (κ1) is 21.2. The molecule has 3 rings (SSSR count).